The summed E-state index contributed by atoms with van der Waals surface area (Å²) in [5, 5.41) is 7.87. The van der Waals surface area contributed by atoms with E-state index in [0.717, 1.165) is 37.7 Å². The molecule has 0 radical (unpaired) electrons. The van der Waals surface area contributed by atoms with Gasteiger partial charge in [0, 0.05) is 24.1 Å². The number of nitrogens with one attached hydrogen (secondary N) is 1. The summed E-state index contributed by atoms with van der Waals surface area (Å²) in [6, 6.07) is 12.7. The molecule has 1 aliphatic heterocycles. The van der Waals surface area contributed by atoms with Crippen LogP contribution in [0.3, 0.4) is 0 Å². The maximum absolute atomic E-state index is 14.1. The van der Waals surface area contributed by atoms with Gasteiger partial charge in [0.1, 0.15) is 17.5 Å². The van der Waals surface area contributed by atoms with Gasteiger partial charge in [0.15, 0.2) is 0 Å². The van der Waals surface area contributed by atoms with Crippen LogP contribution in [0.5, 0.6) is 0 Å². The van der Waals surface area contributed by atoms with Crippen molar-refractivity contribution in [3.05, 3.63) is 82.0 Å². The Kier molecular flexibility index (Phi) is 4.85. The van der Waals surface area contributed by atoms with E-state index >= 15 is 0 Å². The quantitative estimate of drug-likeness (QED) is 0.768. The summed E-state index contributed by atoms with van der Waals surface area (Å²) in [5.74, 6) is -0.559. The second-order valence-corrected chi connectivity index (χ2v) is 6.75. The number of hydrogen-bond donors (Lipinski definition) is 1. The van der Waals surface area contributed by atoms with Crippen LogP contribution in [0, 0.1) is 11.6 Å². The largest absolute Gasteiger partial charge is 0.350 e. The molecule has 0 saturated carbocycles. The second kappa shape index (κ2) is 7.44. The average molecular weight is 370 g/mol. The van der Waals surface area contributed by atoms with E-state index in [2.05, 4.69) is 10.4 Å². The van der Waals surface area contributed by atoms with Crippen LogP contribution in [0.1, 0.15) is 30.1 Å². The summed E-state index contributed by atoms with van der Waals surface area (Å²) in [6.45, 7) is 1.65. The number of halogens is 2. The van der Waals surface area contributed by atoms with Gasteiger partial charge in [0.25, 0.3) is 0 Å². The Morgan fingerprint density at radius 1 is 1.15 bits per heavy atom. The van der Waals surface area contributed by atoms with E-state index in [-0.39, 0.29) is 23.7 Å². The van der Waals surface area contributed by atoms with Gasteiger partial charge in [-0.25, -0.2) is 22.8 Å². The maximum Gasteiger partial charge on any atom is 0.350 e. The van der Waals surface area contributed by atoms with Crippen molar-refractivity contribution in [3.8, 4) is 5.69 Å². The summed E-state index contributed by atoms with van der Waals surface area (Å²) in [5.41, 5.74) is 0.629. The molecule has 2 heterocycles. The third-order valence-corrected chi connectivity index (χ3v) is 4.88. The zero-order valence-electron chi connectivity index (χ0n) is 14.7. The predicted octanol–water partition coefficient (Wildman–Crippen LogP) is 2.83. The number of benzene rings is 2. The van der Waals surface area contributed by atoms with E-state index in [1.54, 1.807) is 4.57 Å². The van der Waals surface area contributed by atoms with Crippen molar-refractivity contribution in [2.24, 2.45) is 0 Å². The first-order valence-electron chi connectivity index (χ1n) is 9.03. The molecule has 1 aromatic heterocycles. The van der Waals surface area contributed by atoms with E-state index in [1.807, 2.05) is 30.3 Å². The Morgan fingerprint density at radius 2 is 1.96 bits per heavy atom. The van der Waals surface area contributed by atoms with Gasteiger partial charge in [0.05, 0.1) is 12.2 Å². The Morgan fingerprint density at radius 3 is 2.67 bits per heavy atom. The van der Waals surface area contributed by atoms with Crippen LogP contribution in [0.4, 0.5) is 8.78 Å². The summed E-state index contributed by atoms with van der Waals surface area (Å²) in [7, 11) is 0. The molecule has 0 spiro atoms. The molecule has 4 rings (SSSR count). The van der Waals surface area contributed by atoms with E-state index in [0.29, 0.717) is 5.82 Å². The molecule has 5 nitrogen and oxygen atoms in total. The van der Waals surface area contributed by atoms with Crippen LogP contribution >= 0.6 is 0 Å². The van der Waals surface area contributed by atoms with Crippen LogP contribution in [0.15, 0.2) is 53.3 Å². The lowest BCUT2D eigenvalue weighted by atomic mass is 9.99. The third kappa shape index (κ3) is 3.55. The summed E-state index contributed by atoms with van der Waals surface area (Å²) < 4.78 is 30.1. The lowest BCUT2D eigenvalue weighted by Crippen LogP contribution is -2.31. The van der Waals surface area contributed by atoms with Crippen LogP contribution in [0.25, 0.3) is 5.69 Å². The smallest absolute Gasteiger partial charge is 0.316 e. The van der Waals surface area contributed by atoms with E-state index in [4.69, 9.17) is 0 Å². The minimum absolute atomic E-state index is 0.0437. The number of hydrogen-bond acceptors (Lipinski definition) is 3. The van der Waals surface area contributed by atoms with Crippen LogP contribution in [-0.4, -0.2) is 27.4 Å². The van der Waals surface area contributed by atoms with Crippen molar-refractivity contribution >= 4 is 0 Å². The number of rotatable bonds is 4. The number of aromatic nitrogens is 3. The minimum Gasteiger partial charge on any atom is -0.316 e. The van der Waals surface area contributed by atoms with Crippen LogP contribution in [-0.2, 0) is 6.54 Å². The molecule has 1 atom stereocenters. The van der Waals surface area contributed by atoms with E-state index in [9.17, 15) is 13.6 Å². The Labute approximate surface area is 155 Å². The molecule has 0 aliphatic carbocycles. The van der Waals surface area contributed by atoms with Gasteiger partial charge in [-0.3, -0.25) is 0 Å². The first-order valence-corrected chi connectivity index (χ1v) is 9.03. The van der Waals surface area contributed by atoms with Gasteiger partial charge in [0.2, 0.25) is 0 Å². The molecule has 0 bridgehead atoms. The summed E-state index contributed by atoms with van der Waals surface area (Å²) in [4.78, 5) is 13.1. The van der Waals surface area contributed by atoms with Gasteiger partial charge in [-0.2, -0.15) is 5.10 Å². The Bertz CT molecular complexity index is 991. The number of nitrogens with zero attached hydrogens (tertiary/aromatic N) is 3. The van der Waals surface area contributed by atoms with E-state index in [1.165, 1.54) is 16.8 Å². The number of piperidine rings is 1. The van der Waals surface area contributed by atoms with Gasteiger partial charge in [-0.05, 0) is 37.6 Å². The Hall–Kier alpha value is -2.80. The molecule has 0 amide bonds. The highest BCUT2D eigenvalue weighted by atomic mass is 19.1. The fraction of sp³-hybridized carbons (Fsp3) is 0.300. The predicted molar refractivity (Wildman–Crippen MR) is 98.1 cm³/mol. The van der Waals surface area contributed by atoms with Gasteiger partial charge < -0.3 is 5.32 Å². The molecular formula is C20H20F2N4O. The SMILES string of the molecule is O=c1n(Cc2ccc(F)cc2F)nc(C2CCCNC2)n1-c1ccccc1. The van der Waals surface area contributed by atoms with Gasteiger partial charge >= 0.3 is 5.69 Å². The fourth-order valence-corrected chi connectivity index (χ4v) is 3.50. The monoisotopic (exact) mass is 370 g/mol. The van der Waals surface area contributed by atoms with E-state index < -0.39 is 11.6 Å². The molecular weight excluding hydrogens is 350 g/mol. The normalized spacial score (nSPS) is 17.2. The Balaban J connectivity index is 1.78. The van der Waals surface area contributed by atoms with Crippen LogP contribution < -0.4 is 11.0 Å². The lowest BCUT2D eigenvalue weighted by molar-refractivity contribution is 0.439. The average Bonchev–Trinajstić information content (AvgIpc) is 3.02. The van der Waals surface area contributed by atoms with Crippen molar-refractivity contribution in [2.45, 2.75) is 25.3 Å². The lowest BCUT2D eigenvalue weighted by Gasteiger charge is -2.22. The second-order valence-electron chi connectivity index (χ2n) is 6.75. The van der Waals surface area contributed by atoms with Crippen molar-refractivity contribution in [2.75, 3.05) is 13.1 Å². The summed E-state index contributed by atoms with van der Waals surface area (Å²) in [6.07, 6.45) is 1.94. The minimum atomic E-state index is -0.683. The standard InChI is InChI=1S/C20H20F2N4O/c21-16-9-8-15(18(22)11-16)13-25-20(27)26(17-6-2-1-3-7-17)19(24-25)14-5-4-10-23-12-14/h1-3,6-9,11,14,23H,4-5,10,12-13H2. The zero-order chi connectivity index (χ0) is 18.8. The molecule has 1 saturated heterocycles. The van der Waals surface area contributed by atoms with Gasteiger partial charge in [-0.1, -0.05) is 24.3 Å². The highest BCUT2D eigenvalue weighted by Crippen LogP contribution is 2.23. The molecule has 1 N–H and O–H groups in total. The molecule has 3 aromatic rings. The third-order valence-electron chi connectivity index (χ3n) is 4.88. The topological polar surface area (TPSA) is 51.9 Å². The fourth-order valence-electron chi connectivity index (χ4n) is 3.50. The van der Waals surface area contributed by atoms with Crippen molar-refractivity contribution in [3.63, 3.8) is 0 Å². The maximum atomic E-state index is 14.1. The van der Waals surface area contributed by atoms with Crippen molar-refractivity contribution in [1.82, 2.24) is 19.7 Å². The first kappa shape index (κ1) is 17.6. The zero-order valence-corrected chi connectivity index (χ0v) is 14.7. The summed E-state index contributed by atoms with van der Waals surface area (Å²) >= 11 is 0. The molecule has 1 unspecified atom stereocenters. The molecule has 140 valence electrons. The van der Waals surface area contributed by atoms with Crippen molar-refractivity contribution < 1.29 is 8.78 Å². The highest BCUT2D eigenvalue weighted by molar-refractivity contribution is 5.33. The first-order chi connectivity index (χ1) is 13.1. The molecule has 27 heavy (non-hydrogen) atoms. The molecule has 2 aromatic carbocycles. The highest BCUT2D eigenvalue weighted by Gasteiger charge is 2.25. The molecule has 7 heteroatoms. The molecule has 1 aliphatic rings. The number of para-hydroxylation sites is 1. The van der Waals surface area contributed by atoms with Gasteiger partial charge in [-0.15, -0.1) is 0 Å². The van der Waals surface area contributed by atoms with Crippen LogP contribution in [0.2, 0.25) is 0 Å². The molecule has 1 fully saturated rings. The van der Waals surface area contributed by atoms with Crippen molar-refractivity contribution in [1.29, 1.82) is 0 Å².